The summed E-state index contributed by atoms with van der Waals surface area (Å²) in [6.45, 7) is 4.49. The van der Waals surface area contributed by atoms with Crippen LogP contribution in [-0.4, -0.2) is 67.1 Å². The maximum absolute atomic E-state index is 10.5. The number of nitrogens with zero attached hydrogens (tertiary/aromatic N) is 1. The van der Waals surface area contributed by atoms with Gasteiger partial charge >= 0.3 is 7.60 Å². The summed E-state index contributed by atoms with van der Waals surface area (Å²) in [6.07, 6.45) is -0.483. The summed E-state index contributed by atoms with van der Waals surface area (Å²) in [7, 11) is -1.91. The third-order valence-electron chi connectivity index (χ3n) is 2.59. The van der Waals surface area contributed by atoms with Crippen LogP contribution in [0.1, 0.15) is 0 Å². The molecule has 0 bridgehead atoms. The Hall–Kier alpha value is 0.0300. The molecule has 0 aromatic heterocycles. The highest BCUT2D eigenvalue weighted by molar-refractivity contribution is 7.51. The second-order valence-electron chi connectivity index (χ2n) is 4.10. The number of hydrogen-bond donors (Lipinski definition) is 2. The zero-order valence-corrected chi connectivity index (χ0v) is 9.86. The maximum atomic E-state index is 10.5. The Balaban J connectivity index is 2.16. The monoisotopic (exact) mass is 240 g/mol. The lowest BCUT2D eigenvalue weighted by Crippen LogP contribution is -2.53. The summed E-state index contributed by atoms with van der Waals surface area (Å²) in [6, 6.07) is 0. The lowest BCUT2D eigenvalue weighted by atomic mass is 10.3. The number of likely N-dealkylation sites (N-methyl/N-ethyl adjacent to an activating group) is 1. The Morgan fingerprint density at radius 2 is 2.00 bits per heavy atom. The number of hydrogen-bond acceptors (Lipinski definition) is 3. The molecular weight excluding hydrogens is 221 g/mol. The van der Waals surface area contributed by atoms with Crippen molar-refractivity contribution in [2.45, 2.75) is 0 Å². The highest BCUT2D eigenvalue weighted by Gasteiger charge is 2.25. The standard InChI is InChI=1S/C8H18NO5P/c1-9(2-5-13-6-3-9)4-7-14-8-15(10,11)12/h2-8H2,1H3,(H-,10,11,12)/p+1. The fraction of sp³-hybridized carbons (Fsp3) is 1.00. The second-order valence-corrected chi connectivity index (χ2v) is 5.69. The van der Waals surface area contributed by atoms with Gasteiger partial charge in [-0.15, -0.1) is 0 Å². The van der Waals surface area contributed by atoms with Crippen LogP contribution < -0.4 is 0 Å². The molecule has 0 aromatic carbocycles. The van der Waals surface area contributed by atoms with Crippen molar-refractivity contribution in [2.75, 3.05) is 52.9 Å². The first-order valence-electron chi connectivity index (χ1n) is 4.95. The van der Waals surface area contributed by atoms with Crippen LogP contribution in [0.15, 0.2) is 0 Å². The minimum Gasteiger partial charge on any atom is -0.370 e. The average Bonchev–Trinajstić information content (AvgIpc) is 2.12. The normalized spacial score (nSPS) is 21.5. The van der Waals surface area contributed by atoms with Crippen LogP contribution in [0.25, 0.3) is 0 Å². The van der Waals surface area contributed by atoms with E-state index in [1.807, 2.05) is 0 Å². The minimum absolute atomic E-state index is 0.377. The zero-order valence-electron chi connectivity index (χ0n) is 8.96. The molecule has 7 heteroatoms. The first-order chi connectivity index (χ1) is 6.91. The highest BCUT2D eigenvalue weighted by atomic mass is 31.2. The van der Waals surface area contributed by atoms with Crippen molar-refractivity contribution in [3.05, 3.63) is 0 Å². The van der Waals surface area contributed by atoms with E-state index in [1.165, 1.54) is 0 Å². The minimum atomic E-state index is -4.01. The van der Waals surface area contributed by atoms with Crippen LogP contribution in [-0.2, 0) is 14.0 Å². The quantitative estimate of drug-likeness (QED) is 0.389. The Bertz CT molecular complexity index is 235. The van der Waals surface area contributed by atoms with Crippen molar-refractivity contribution in [1.29, 1.82) is 0 Å². The summed E-state index contributed by atoms with van der Waals surface area (Å²) in [5.74, 6) is 0. The molecule has 1 aliphatic rings. The summed E-state index contributed by atoms with van der Waals surface area (Å²) in [4.78, 5) is 17.2. The second kappa shape index (κ2) is 5.39. The van der Waals surface area contributed by atoms with E-state index < -0.39 is 13.9 Å². The fourth-order valence-corrected chi connectivity index (χ4v) is 1.84. The highest BCUT2D eigenvalue weighted by Crippen LogP contribution is 2.33. The molecule has 0 spiro atoms. The van der Waals surface area contributed by atoms with Gasteiger partial charge < -0.3 is 23.7 Å². The summed E-state index contributed by atoms with van der Waals surface area (Å²) in [5, 5.41) is 0. The van der Waals surface area contributed by atoms with Gasteiger partial charge in [-0.1, -0.05) is 0 Å². The van der Waals surface area contributed by atoms with Gasteiger partial charge in [0.1, 0.15) is 26.0 Å². The van der Waals surface area contributed by atoms with Crippen molar-refractivity contribution in [3.63, 3.8) is 0 Å². The predicted octanol–water partition coefficient (Wildman–Crippen LogP) is -0.385. The van der Waals surface area contributed by atoms with Crippen LogP contribution in [0.4, 0.5) is 0 Å². The molecule has 0 atom stereocenters. The van der Waals surface area contributed by atoms with Gasteiger partial charge in [-0.3, -0.25) is 4.57 Å². The Morgan fingerprint density at radius 1 is 1.40 bits per heavy atom. The van der Waals surface area contributed by atoms with Gasteiger partial charge in [-0.25, -0.2) is 0 Å². The van der Waals surface area contributed by atoms with Gasteiger partial charge in [0.05, 0.1) is 26.9 Å². The number of morpholine rings is 1. The summed E-state index contributed by atoms with van der Waals surface area (Å²) >= 11 is 0. The van der Waals surface area contributed by atoms with E-state index in [-0.39, 0.29) is 0 Å². The van der Waals surface area contributed by atoms with E-state index in [4.69, 9.17) is 19.3 Å². The van der Waals surface area contributed by atoms with Crippen LogP contribution in [0.2, 0.25) is 0 Å². The molecule has 1 rings (SSSR count). The van der Waals surface area contributed by atoms with Crippen molar-refractivity contribution in [1.82, 2.24) is 0 Å². The van der Waals surface area contributed by atoms with E-state index in [2.05, 4.69) is 7.05 Å². The van der Waals surface area contributed by atoms with Crippen LogP contribution in [0, 0.1) is 0 Å². The van der Waals surface area contributed by atoms with Gasteiger partial charge in [0.25, 0.3) is 0 Å². The first kappa shape index (κ1) is 13.1. The fourth-order valence-electron chi connectivity index (χ4n) is 1.48. The Kier molecular flexibility index (Phi) is 4.70. The largest absolute Gasteiger partial charge is 0.370 e. The molecule has 0 saturated carbocycles. The molecule has 1 fully saturated rings. The lowest BCUT2D eigenvalue weighted by Gasteiger charge is -2.37. The molecule has 0 aliphatic carbocycles. The average molecular weight is 240 g/mol. The molecule has 2 N–H and O–H groups in total. The number of quaternary nitrogens is 1. The van der Waals surface area contributed by atoms with Crippen molar-refractivity contribution in [2.24, 2.45) is 0 Å². The molecule has 15 heavy (non-hydrogen) atoms. The van der Waals surface area contributed by atoms with E-state index in [0.29, 0.717) is 6.61 Å². The first-order valence-corrected chi connectivity index (χ1v) is 6.75. The van der Waals surface area contributed by atoms with Gasteiger partial charge in [0.2, 0.25) is 0 Å². The van der Waals surface area contributed by atoms with Crippen molar-refractivity contribution in [3.8, 4) is 0 Å². The van der Waals surface area contributed by atoms with Crippen LogP contribution in [0.5, 0.6) is 0 Å². The summed E-state index contributed by atoms with van der Waals surface area (Å²) < 4.78 is 21.5. The molecule has 1 heterocycles. The maximum Gasteiger partial charge on any atom is 0.350 e. The van der Waals surface area contributed by atoms with E-state index in [9.17, 15) is 4.57 Å². The van der Waals surface area contributed by atoms with Gasteiger partial charge in [0, 0.05) is 0 Å². The third kappa shape index (κ3) is 5.61. The molecule has 1 saturated heterocycles. The molecule has 0 amide bonds. The molecule has 0 aromatic rings. The SMILES string of the molecule is C[N+]1(CCOCP(=O)(O)O)CCOCC1. The molecule has 0 unspecified atom stereocenters. The van der Waals surface area contributed by atoms with Gasteiger partial charge in [-0.05, 0) is 0 Å². The van der Waals surface area contributed by atoms with Gasteiger partial charge in [-0.2, -0.15) is 0 Å². The third-order valence-corrected chi connectivity index (χ3v) is 3.10. The number of ether oxygens (including phenoxy) is 2. The Morgan fingerprint density at radius 3 is 2.53 bits per heavy atom. The van der Waals surface area contributed by atoms with Crippen molar-refractivity contribution >= 4 is 7.60 Å². The van der Waals surface area contributed by atoms with E-state index >= 15 is 0 Å². The van der Waals surface area contributed by atoms with E-state index in [0.717, 1.165) is 37.3 Å². The number of rotatable bonds is 5. The van der Waals surface area contributed by atoms with Crippen LogP contribution in [0.3, 0.4) is 0 Å². The smallest absolute Gasteiger partial charge is 0.350 e. The zero-order chi connectivity index (χ0) is 11.4. The summed E-state index contributed by atoms with van der Waals surface area (Å²) in [5.41, 5.74) is 0. The molecule has 6 nitrogen and oxygen atoms in total. The molecular formula is C8H19NO5P+. The molecule has 1 aliphatic heterocycles. The Labute approximate surface area is 89.5 Å². The molecule has 0 radical (unpaired) electrons. The molecule has 90 valence electrons. The van der Waals surface area contributed by atoms with Gasteiger partial charge in [0.15, 0.2) is 0 Å². The topological polar surface area (TPSA) is 76.0 Å². The van der Waals surface area contributed by atoms with Crippen LogP contribution >= 0.6 is 7.60 Å². The van der Waals surface area contributed by atoms with Crippen molar-refractivity contribution < 1.29 is 28.3 Å². The van der Waals surface area contributed by atoms with E-state index in [1.54, 1.807) is 0 Å². The predicted molar refractivity (Wildman–Crippen MR) is 54.5 cm³/mol. The lowest BCUT2D eigenvalue weighted by molar-refractivity contribution is -0.917.